The topological polar surface area (TPSA) is 43.1 Å². The van der Waals surface area contributed by atoms with Crippen LogP contribution in [0.1, 0.15) is 11.1 Å². The Balaban J connectivity index is 2.29. The van der Waals surface area contributed by atoms with Gasteiger partial charge in [-0.3, -0.25) is 4.21 Å². The molecule has 2 nitrogen and oxygen atoms in total. The van der Waals surface area contributed by atoms with Crippen molar-refractivity contribution in [1.29, 1.82) is 0 Å². The third kappa shape index (κ3) is 3.49. The van der Waals surface area contributed by atoms with Crippen molar-refractivity contribution in [2.75, 3.05) is 0 Å². The second-order valence-electron chi connectivity index (χ2n) is 4.04. The van der Waals surface area contributed by atoms with E-state index in [1.54, 1.807) is 12.1 Å². The zero-order chi connectivity index (χ0) is 13.8. The Bertz CT molecular complexity index is 618. The molecular formula is C14H13BrFNOS. The van der Waals surface area contributed by atoms with Crippen molar-refractivity contribution in [3.63, 3.8) is 0 Å². The molecule has 2 rings (SSSR count). The fourth-order valence-corrected chi connectivity index (χ4v) is 3.83. The van der Waals surface area contributed by atoms with E-state index in [-0.39, 0.29) is 11.6 Å². The summed E-state index contributed by atoms with van der Waals surface area (Å²) in [5.41, 5.74) is 7.13. The minimum absolute atomic E-state index is 0.257. The van der Waals surface area contributed by atoms with Crippen LogP contribution in [0.4, 0.5) is 4.39 Å². The molecule has 0 fully saturated rings. The zero-order valence-electron chi connectivity index (χ0n) is 10.1. The average molecular weight is 342 g/mol. The third-order valence-corrected chi connectivity index (χ3v) is 5.13. The van der Waals surface area contributed by atoms with E-state index >= 15 is 0 Å². The van der Waals surface area contributed by atoms with E-state index in [1.165, 1.54) is 12.1 Å². The molecule has 100 valence electrons. The van der Waals surface area contributed by atoms with Gasteiger partial charge >= 0.3 is 0 Å². The van der Waals surface area contributed by atoms with E-state index < -0.39 is 10.8 Å². The molecule has 19 heavy (non-hydrogen) atoms. The number of halogens is 2. The molecule has 0 aromatic heterocycles. The van der Waals surface area contributed by atoms with Gasteiger partial charge in [0, 0.05) is 11.0 Å². The monoisotopic (exact) mass is 341 g/mol. The summed E-state index contributed by atoms with van der Waals surface area (Å²) in [6.45, 7) is 0.308. The van der Waals surface area contributed by atoms with Gasteiger partial charge in [0.1, 0.15) is 5.82 Å². The van der Waals surface area contributed by atoms with Gasteiger partial charge in [0.25, 0.3) is 0 Å². The number of rotatable bonds is 4. The van der Waals surface area contributed by atoms with E-state index in [0.29, 0.717) is 17.0 Å². The van der Waals surface area contributed by atoms with E-state index in [4.69, 9.17) is 5.73 Å². The van der Waals surface area contributed by atoms with Gasteiger partial charge in [-0.05, 0) is 51.3 Å². The molecule has 0 bridgehead atoms. The lowest BCUT2D eigenvalue weighted by Gasteiger charge is -2.09. The molecule has 1 atom stereocenters. The number of benzene rings is 2. The lowest BCUT2D eigenvalue weighted by molar-refractivity contribution is 0.625. The van der Waals surface area contributed by atoms with Crippen molar-refractivity contribution < 1.29 is 8.60 Å². The van der Waals surface area contributed by atoms with Crippen LogP contribution in [0.15, 0.2) is 51.8 Å². The van der Waals surface area contributed by atoms with Crippen LogP contribution in [0, 0.1) is 5.82 Å². The molecule has 2 aromatic rings. The highest BCUT2D eigenvalue weighted by atomic mass is 79.9. The normalized spacial score (nSPS) is 12.4. The van der Waals surface area contributed by atoms with Crippen molar-refractivity contribution in [3.8, 4) is 0 Å². The molecule has 0 radical (unpaired) electrons. The van der Waals surface area contributed by atoms with Crippen LogP contribution in [-0.2, 0) is 23.1 Å². The van der Waals surface area contributed by atoms with Crippen LogP contribution < -0.4 is 5.73 Å². The highest BCUT2D eigenvalue weighted by Gasteiger charge is 2.11. The highest BCUT2D eigenvalue weighted by Crippen LogP contribution is 2.23. The minimum Gasteiger partial charge on any atom is -0.326 e. The minimum atomic E-state index is -1.24. The second kappa shape index (κ2) is 6.41. The van der Waals surface area contributed by atoms with Crippen LogP contribution >= 0.6 is 15.9 Å². The molecule has 2 N–H and O–H groups in total. The van der Waals surface area contributed by atoms with E-state index in [9.17, 15) is 8.60 Å². The zero-order valence-corrected chi connectivity index (χ0v) is 12.5. The number of hydrogen-bond donors (Lipinski definition) is 1. The van der Waals surface area contributed by atoms with Crippen molar-refractivity contribution in [2.45, 2.75) is 17.2 Å². The molecule has 0 aliphatic rings. The maximum atomic E-state index is 13.3. The smallest absolute Gasteiger partial charge is 0.123 e. The molecule has 0 aliphatic heterocycles. The molecule has 2 aromatic carbocycles. The summed E-state index contributed by atoms with van der Waals surface area (Å²) >= 11 is 3.37. The maximum absolute atomic E-state index is 13.3. The predicted octanol–water partition coefficient (Wildman–Crippen LogP) is 3.35. The van der Waals surface area contributed by atoms with Crippen LogP contribution in [-0.4, -0.2) is 4.21 Å². The van der Waals surface area contributed by atoms with Crippen molar-refractivity contribution in [2.24, 2.45) is 5.73 Å². The summed E-state index contributed by atoms with van der Waals surface area (Å²) < 4.78 is 26.4. The quantitative estimate of drug-likeness (QED) is 0.926. The molecule has 0 aliphatic carbocycles. The summed E-state index contributed by atoms with van der Waals surface area (Å²) in [4.78, 5) is 0.703. The summed E-state index contributed by atoms with van der Waals surface area (Å²) in [5.74, 6) is -0.0799. The largest absolute Gasteiger partial charge is 0.326 e. The molecular weight excluding hydrogens is 329 g/mol. The van der Waals surface area contributed by atoms with Crippen molar-refractivity contribution >= 4 is 26.7 Å². The summed E-state index contributed by atoms with van der Waals surface area (Å²) in [7, 11) is -1.24. The fourth-order valence-electron chi connectivity index (χ4n) is 1.78. The number of nitrogens with two attached hydrogens (primary N) is 1. The lowest BCUT2D eigenvalue weighted by Crippen LogP contribution is -2.05. The second-order valence-corrected chi connectivity index (χ2v) is 6.31. The SMILES string of the molecule is NCc1ccc(F)cc1CS(=O)c1ccccc1Br. The van der Waals surface area contributed by atoms with Gasteiger partial charge in [0.15, 0.2) is 0 Å². The average Bonchev–Trinajstić information content (AvgIpc) is 2.39. The van der Waals surface area contributed by atoms with Gasteiger partial charge < -0.3 is 5.73 Å². The Morgan fingerprint density at radius 2 is 1.89 bits per heavy atom. The highest BCUT2D eigenvalue weighted by molar-refractivity contribution is 9.10. The fraction of sp³-hybridized carbons (Fsp3) is 0.143. The van der Waals surface area contributed by atoms with Gasteiger partial charge in [-0.25, -0.2) is 4.39 Å². The van der Waals surface area contributed by atoms with Crippen LogP contribution in [0.2, 0.25) is 0 Å². The van der Waals surface area contributed by atoms with Gasteiger partial charge in [-0.1, -0.05) is 18.2 Å². The Kier molecular flexibility index (Phi) is 4.85. The number of hydrogen-bond acceptors (Lipinski definition) is 2. The van der Waals surface area contributed by atoms with Gasteiger partial charge in [0.2, 0.25) is 0 Å². The molecule has 5 heteroatoms. The Morgan fingerprint density at radius 1 is 1.16 bits per heavy atom. The molecule has 0 spiro atoms. The van der Waals surface area contributed by atoms with Crippen molar-refractivity contribution in [1.82, 2.24) is 0 Å². The first-order chi connectivity index (χ1) is 9.11. The first kappa shape index (κ1) is 14.4. The lowest BCUT2D eigenvalue weighted by atomic mass is 10.1. The maximum Gasteiger partial charge on any atom is 0.123 e. The Labute approximate surface area is 122 Å². The predicted molar refractivity (Wildman–Crippen MR) is 78.5 cm³/mol. The molecule has 0 heterocycles. The van der Waals surface area contributed by atoms with E-state index in [1.807, 2.05) is 18.2 Å². The van der Waals surface area contributed by atoms with Crippen LogP contribution in [0.5, 0.6) is 0 Å². The molecule has 0 saturated heterocycles. The Hall–Kier alpha value is -1.04. The van der Waals surface area contributed by atoms with Crippen molar-refractivity contribution in [3.05, 3.63) is 63.9 Å². The Morgan fingerprint density at radius 3 is 2.58 bits per heavy atom. The third-order valence-electron chi connectivity index (χ3n) is 2.76. The summed E-state index contributed by atoms with van der Waals surface area (Å²) in [6, 6.07) is 11.7. The van der Waals surface area contributed by atoms with E-state index in [0.717, 1.165) is 10.0 Å². The standard InChI is InChI=1S/C14H13BrFNOS/c15-13-3-1-2-4-14(13)19(18)9-11-7-12(16)6-5-10(11)8-17/h1-7H,8-9,17H2. The summed E-state index contributed by atoms with van der Waals surface area (Å²) in [6.07, 6.45) is 0. The first-order valence-corrected chi connectivity index (χ1v) is 7.83. The first-order valence-electron chi connectivity index (χ1n) is 5.72. The van der Waals surface area contributed by atoms with E-state index in [2.05, 4.69) is 15.9 Å². The van der Waals surface area contributed by atoms with Gasteiger partial charge in [0.05, 0.1) is 21.4 Å². The van der Waals surface area contributed by atoms with Crippen LogP contribution in [0.3, 0.4) is 0 Å². The molecule has 0 amide bonds. The summed E-state index contributed by atoms with van der Waals surface area (Å²) in [5, 5.41) is 0. The molecule has 0 saturated carbocycles. The van der Waals surface area contributed by atoms with Gasteiger partial charge in [-0.2, -0.15) is 0 Å². The van der Waals surface area contributed by atoms with Gasteiger partial charge in [-0.15, -0.1) is 0 Å². The van der Waals surface area contributed by atoms with Crippen LogP contribution in [0.25, 0.3) is 0 Å². The molecule has 1 unspecified atom stereocenters.